The highest BCUT2D eigenvalue weighted by atomic mass is 32.2. The van der Waals surface area contributed by atoms with Crippen LogP contribution in [0.1, 0.15) is 0 Å². The van der Waals surface area contributed by atoms with Crippen LogP contribution in [0.3, 0.4) is 0 Å². The van der Waals surface area contributed by atoms with Crippen LogP contribution in [-0.4, -0.2) is 11.9 Å². The van der Waals surface area contributed by atoms with Crippen molar-refractivity contribution in [2.75, 3.05) is 7.11 Å². The molecule has 1 unspecified atom stereocenters. The van der Waals surface area contributed by atoms with Gasteiger partial charge in [-0.15, -0.1) is 12.6 Å². The Balaban J connectivity index is 2.75. The third kappa shape index (κ3) is 2.81. The Morgan fingerprint density at radius 2 is 2.50 bits per heavy atom. The van der Waals surface area contributed by atoms with E-state index in [-0.39, 0.29) is 12.1 Å². The first kappa shape index (κ1) is 6.59. The third-order valence-corrected chi connectivity index (χ3v) is 1.07. The van der Waals surface area contributed by atoms with E-state index in [4.69, 9.17) is 0 Å². The Morgan fingerprint density at radius 3 is 2.50 bits per heavy atom. The van der Waals surface area contributed by atoms with Gasteiger partial charge in [-0.1, -0.05) is 0 Å². The van der Waals surface area contributed by atoms with Crippen LogP contribution < -0.4 is 0 Å². The van der Waals surface area contributed by atoms with Crippen LogP contribution in [0.4, 0.5) is 3.89 Å². The van der Waals surface area contributed by atoms with Crippen LogP contribution in [0.15, 0.2) is 0 Å². The molecule has 0 bridgehead atoms. The van der Waals surface area contributed by atoms with Crippen LogP contribution in [0.2, 0.25) is 0 Å². The molecular weight excluding hydrogens is 123 g/mol. The van der Waals surface area contributed by atoms with Gasteiger partial charge in [-0.25, -0.2) is 0 Å². The predicted octanol–water partition coefficient (Wildman–Crippen LogP) is 1.46. The Kier molecular flexibility index (Phi) is 4.14. The normalized spacial score (nSPS) is 14.5. The van der Waals surface area contributed by atoms with E-state index in [0.29, 0.717) is 0 Å². The topological polar surface area (TPSA) is 9.23 Å². The largest absolute Gasteiger partial charge is 0.358 e. The van der Waals surface area contributed by atoms with E-state index in [1.54, 1.807) is 0 Å². The zero-order valence-electron chi connectivity index (χ0n) is 3.22. The maximum Gasteiger partial charge on any atom is 0.177 e. The highest BCUT2D eigenvalue weighted by Gasteiger charge is 1.95. The van der Waals surface area contributed by atoms with E-state index >= 15 is 0 Å². The molecule has 1 atom stereocenters. The van der Waals surface area contributed by atoms with Gasteiger partial charge in [-0.2, -0.15) is 3.89 Å². The lowest BCUT2D eigenvalue weighted by Gasteiger charge is -1.96. The van der Waals surface area contributed by atoms with Crippen LogP contribution >= 0.6 is 24.8 Å². The van der Waals surface area contributed by atoms with Crippen molar-refractivity contribution in [3.8, 4) is 0 Å². The van der Waals surface area contributed by atoms with Gasteiger partial charge in [0.2, 0.25) is 0 Å². The van der Waals surface area contributed by atoms with Gasteiger partial charge in [0.05, 0.1) is 12.1 Å². The molecule has 1 nitrogen and oxygen atoms in total. The fourth-order valence-corrected chi connectivity index (χ4v) is 0.109. The molecule has 0 aliphatic rings. The molecular formula is C2H5FOS2. The lowest BCUT2D eigenvalue weighted by molar-refractivity contribution is 0.234. The number of methoxy groups -OCH3 is 1. The van der Waals surface area contributed by atoms with Crippen LogP contribution in [0.25, 0.3) is 0 Å². The quantitative estimate of drug-likeness (QED) is 0.445. The minimum Gasteiger partial charge on any atom is -0.358 e. The molecule has 4 heteroatoms. The fraction of sp³-hybridized carbons (Fsp3) is 1.00. The summed E-state index contributed by atoms with van der Waals surface area (Å²) in [6.45, 7) is 0. The molecule has 0 aromatic rings. The standard InChI is InChI=1S/C2H5FOS2/c1-4-2(5)6-3/h2,5H,1H3. The molecule has 0 fully saturated rings. The summed E-state index contributed by atoms with van der Waals surface area (Å²) in [7, 11) is 1.39. The molecule has 0 rings (SSSR count). The van der Waals surface area contributed by atoms with Gasteiger partial charge in [0, 0.05) is 7.11 Å². The highest BCUT2D eigenvalue weighted by Crippen LogP contribution is 2.14. The maximum absolute atomic E-state index is 11.1. The lowest BCUT2D eigenvalue weighted by Crippen LogP contribution is -1.89. The van der Waals surface area contributed by atoms with E-state index in [0.717, 1.165) is 0 Å². The minimum atomic E-state index is -0.620. The fourth-order valence-electron chi connectivity index (χ4n) is 0.0364. The van der Waals surface area contributed by atoms with E-state index in [9.17, 15) is 3.89 Å². The second kappa shape index (κ2) is 3.77. The van der Waals surface area contributed by atoms with Crippen molar-refractivity contribution in [1.29, 1.82) is 0 Å². The number of rotatable bonds is 2. The van der Waals surface area contributed by atoms with Crippen LogP contribution in [0, 0.1) is 0 Å². The number of halogens is 1. The van der Waals surface area contributed by atoms with E-state index < -0.39 is 4.77 Å². The first-order valence-electron chi connectivity index (χ1n) is 1.29. The number of ether oxygens (including phenoxy) is 1. The van der Waals surface area contributed by atoms with Gasteiger partial charge in [-0.3, -0.25) is 0 Å². The molecule has 0 amide bonds. The van der Waals surface area contributed by atoms with E-state index in [1.165, 1.54) is 7.11 Å². The third-order valence-electron chi connectivity index (χ3n) is 0.278. The molecule has 0 heterocycles. The SMILES string of the molecule is COC(S)SF. The Hall–Kier alpha value is 0.590. The molecule has 0 saturated heterocycles. The summed E-state index contributed by atoms with van der Waals surface area (Å²) in [6.07, 6.45) is 0. The summed E-state index contributed by atoms with van der Waals surface area (Å²) in [5, 5.41) is 0. The molecule has 0 spiro atoms. The van der Waals surface area contributed by atoms with Crippen molar-refractivity contribution >= 4 is 24.8 Å². The van der Waals surface area contributed by atoms with Crippen LogP contribution in [-0.2, 0) is 4.74 Å². The molecule has 6 heavy (non-hydrogen) atoms. The van der Waals surface area contributed by atoms with Crippen molar-refractivity contribution in [3.05, 3.63) is 0 Å². The second-order valence-corrected chi connectivity index (χ2v) is 2.06. The molecule has 0 aliphatic heterocycles. The molecule has 0 N–H and O–H groups in total. The van der Waals surface area contributed by atoms with Gasteiger partial charge < -0.3 is 4.74 Å². The van der Waals surface area contributed by atoms with Gasteiger partial charge in [0.15, 0.2) is 4.77 Å². The van der Waals surface area contributed by atoms with Crippen LogP contribution in [0.5, 0.6) is 0 Å². The summed E-state index contributed by atoms with van der Waals surface area (Å²) in [4.78, 5) is 0. The van der Waals surface area contributed by atoms with Gasteiger partial charge in [-0.05, 0) is 0 Å². The smallest absolute Gasteiger partial charge is 0.177 e. The molecule has 38 valence electrons. The first-order valence-corrected chi connectivity index (χ1v) is 2.59. The monoisotopic (exact) mass is 128 g/mol. The zero-order chi connectivity index (χ0) is 4.99. The Labute approximate surface area is 46.0 Å². The lowest BCUT2D eigenvalue weighted by atomic mass is 11.5. The number of thiol groups is 1. The van der Waals surface area contributed by atoms with E-state index in [1.807, 2.05) is 0 Å². The maximum atomic E-state index is 11.1. The molecule has 0 aromatic heterocycles. The Bertz CT molecular complexity index is 30.7. The number of hydrogen-bond acceptors (Lipinski definition) is 3. The van der Waals surface area contributed by atoms with Crippen molar-refractivity contribution in [2.45, 2.75) is 4.77 Å². The predicted molar refractivity (Wildman–Crippen MR) is 28.5 cm³/mol. The van der Waals surface area contributed by atoms with Gasteiger partial charge in [0.25, 0.3) is 0 Å². The summed E-state index contributed by atoms with van der Waals surface area (Å²) < 4.78 is 14.8. The summed E-state index contributed by atoms with van der Waals surface area (Å²) >= 11 is 3.66. The average molecular weight is 128 g/mol. The van der Waals surface area contributed by atoms with Crippen molar-refractivity contribution in [1.82, 2.24) is 0 Å². The summed E-state index contributed by atoms with van der Waals surface area (Å²) in [5.41, 5.74) is 0. The molecule has 0 saturated carbocycles. The molecule has 0 aromatic carbocycles. The first-order chi connectivity index (χ1) is 2.81. The average Bonchev–Trinajstić information content (AvgIpc) is 1.65. The van der Waals surface area contributed by atoms with Gasteiger partial charge in [0.1, 0.15) is 0 Å². The molecule has 0 radical (unpaired) electrons. The van der Waals surface area contributed by atoms with Crippen molar-refractivity contribution in [3.63, 3.8) is 0 Å². The second-order valence-electron chi connectivity index (χ2n) is 0.632. The molecule has 0 aliphatic carbocycles. The Morgan fingerprint density at radius 1 is 2.00 bits per heavy atom. The van der Waals surface area contributed by atoms with Gasteiger partial charge >= 0.3 is 0 Å². The minimum absolute atomic E-state index is 0.0667. The summed E-state index contributed by atoms with van der Waals surface area (Å²) in [5.74, 6) is 0. The zero-order valence-corrected chi connectivity index (χ0v) is 4.93. The highest BCUT2D eigenvalue weighted by molar-refractivity contribution is 8.06. The van der Waals surface area contributed by atoms with Crippen molar-refractivity contribution in [2.24, 2.45) is 0 Å². The van der Waals surface area contributed by atoms with E-state index in [2.05, 4.69) is 17.4 Å². The number of hydrogen-bond donors (Lipinski definition) is 1. The summed E-state index contributed by atoms with van der Waals surface area (Å²) in [6, 6.07) is 0. The van der Waals surface area contributed by atoms with Crippen molar-refractivity contribution < 1.29 is 8.62 Å².